The molecule has 2 aromatic carbocycles. The zero-order valence-corrected chi connectivity index (χ0v) is 26.1. The van der Waals surface area contributed by atoms with Crippen LogP contribution in [0.4, 0.5) is 18.9 Å². The Kier molecular flexibility index (Phi) is 10.2. The molecule has 230 valence electrons. The Hall–Kier alpha value is -1.88. The summed E-state index contributed by atoms with van der Waals surface area (Å²) >= 11 is 4.30. The summed E-state index contributed by atoms with van der Waals surface area (Å²) in [6.45, 7) is 4.61. The molecule has 2 aromatic rings. The van der Waals surface area contributed by atoms with Crippen molar-refractivity contribution in [1.82, 2.24) is 12.9 Å². The first-order valence-electron chi connectivity index (χ1n) is 12.9. The van der Waals surface area contributed by atoms with Crippen LogP contribution in [0.25, 0.3) is 0 Å². The van der Waals surface area contributed by atoms with Crippen LogP contribution in [0.3, 0.4) is 0 Å². The van der Waals surface area contributed by atoms with Crippen LogP contribution in [0.15, 0.2) is 58.3 Å². The number of sulfonamides is 1. The minimum atomic E-state index is -4.89. The van der Waals surface area contributed by atoms with Gasteiger partial charge in [0.1, 0.15) is 0 Å². The number of nitrogens with zero attached hydrogens (tertiary/aromatic N) is 4. The molecule has 1 aliphatic heterocycles. The SMILES string of the molecule is CC(C)CN(C[C@H]1CN(S(=O)(=O)c2ccccc2S)CCN1c1ccc([C@](C)(O)C(F)(F)F)cc1)S(=O)(=O)N(C)C. The maximum Gasteiger partial charge on any atom is 0.421 e. The summed E-state index contributed by atoms with van der Waals surface area (Å²) in [5.41, 5.74) is -2.95. The van der Waals surface area contributed by atoms with E-state index in [0.717, 1.165) is 4.31 Å². The average Bonchev–Trinajstić information content (AvgIpc) is 2.87. The van der Waals surface area contributed by atoms with Gasteiger partial charge in [0.05, 0.1) is 10.9 Å². The van der Waals surface area contributed by atoms with Crippen LogP contribution < -0.4 is 4.90 Å². The van der Waals surface area contributed by atoms with Gasteiger partial charge in [-0.1, -0.05) is 38.1 Å². The highest BCUT2D eigenvalue weighted by Crippen LogP contribution is 2.39. The Labute approximate surface area is 246 Å². The molecule has 0 aliphatic carbocycles. The number of piperazine rings is 1. The first kappa shape index (κ1) is 33.6. The molecule has 15 heteroatoms. The number of alkyl halides is 3. The van der Waals surface area contributed by atoms with E-state index in [4.69, 9.17) is 0 Å². The molecule has 0 amide bonds. The molecular formula is C26H37F3N4O5S3. The second-order valence-electron chi connectivity index (χ2n) is 10.8. The molecule has 1 aliphatic rings. The summed E-state index contributed by atoms with van der Waals surface area (Å²) in [5, 5.41) is 10.1. The first-order valence-corrected chi connectivity index (χ1v) is 16.2. The van der Waals surface area contributed by atoms with Gasteiger partial charge in [-0.05, 0) is 42.7 Å². The molecule has 1 heterocycles. The number of rotatable bonds is 10. The van der Waals surface area contributed by atoms with Crippen molar-refractivity contribution in [3.05, 3.63) is 54.1 Å². The van der Waals surface area contributed by atoms with Crippen molar-refractivity contribution in [2.24, 2.45) is 5.92 Å². The van der Waals surface area contributed by atoms with Gasteiger partial charge in [-0.2, -0.15) is 34.5 Å². The van der Waals surface area contributed by atoms with Gasteiger partial charge in [-0.15, -0.1) is 12.6 Å². The number of benzene rings is 2. The van der Waals surface area contributed by atoms with E-state index in [2.05, 4.69) is 12.6 Å². The number of hydrogen-bond acceptors (Lipinski definition) is 7. The third-order valence-corrected chi connectivity index (χ3v) is 11.4. The number of thiol groups is 1. The van der Waals surface area contributed by atoms with Gasteiger partial charge >= 0.3 is 6.18 Å². The highest BCUT2D eigenvalue weighted by atomic mass is 32.2. The number of anilines is 1. The first-order chi connectivity index (χ1) is 18.8. The lowest BCUT2D eigenvalue weighted by Crippen LogP contribution is -2.59. The normalized spacial score (nSPS) is 19.2. The minimum Gasteiger partial charge on any atom is -0.376 e. The van der Waals surface area contributed by atoms with E-state index < -0.39 is 38.1 Å². The Bertz CT molecular complexity index is 1420. The van der Waals surface area contributed by atoms with Crippen molar-refractivity contribution in [1.29, 1.82) is 0 Å². The van der Waals surface area contributed by atoms with E-state index in [-0.39, 0.29) is 54.0 Å². The van der Waals surface area contributed by atoms with Crippen LogP contribution >= 0.6 is 12.6 Å². The topological polar surface area (TPSA) is 101 Å². The van der Waals surface area contributed by atoms with Crippen LogP contribution in [0.2, 0.25) is 0 Å². The van der Waals surface area contributed by atoms with Gasteiger partial charge in [0.15, 0.2) is 5.60 Å². The van der Waals surface area contributed by atoms with E-state index in [1.54, 1.807) is 23.1 Å². The van der Waals surface area contributed by atoms with Gasteiger partial charge in [0.25, 0.3) is 10.2 Å². The van der Waals surface area contributed by atoms with Crippen molar-refractivity contribution in [3.63, 3.8) is 0 Å². The molecule has 2 atom stereocenters. The Morgan fingerprint density at radius 3 is 2.12 bits per heavy atom. The third-order valence-electron chi connectivity index (χ3n) is 7.01. The van der Waals surface area contributed by atoms with Gasteiger partial charge < -0.3 is 10.0 Å². The fourth-order valence-electron chi connectivity index (χ4n) is 4.63. The molecule has 0 radical (unpaired) electrons. The lowest BCUT2D eigenvalue weighted by Gasteiger charge is -2.44. The Morgan fingerprint density at radius 1 is 1.02 bits per heavy atom. The lowest BCUT2D eigenvalue weighted by atomic mass is 9.95. The monoisotopic (exact) mass is 638 g/mol. The zero-order chi connectivity index (χ0) is 31.0. The van der Waals surface area contributed by atoms with E-state index in [1.807, 2.05) is 13.8 Å². The fraction of sp³-hybridized carbons (Fsp3) is 0.538. The largest absolute Gasteiger partial charge is 0.421 e. The van der Waals surface area contributed by atoms with Gasteiger partial charge in [-0.25, -0.2) is 8.42 Å². The standard InChI is InChI=1S/C26H37F3N4O5S3/c1-19(2)16-32(41(37,38)30(4)5)18-22-17-31(40(35,36)24-9-7-6-8-23(24)39)14-15-33(22)21-12-10-20(11-13-21)25(3,34)26(27,28)29/h6-13,19,22,34,39H,14-18H2,1-5H3/t22-,25+/m1/s1. The van der Waals surface area contributed by atoms with Gasteiger partial charge in [-0.3, -0.25) is 0 Å². The van der Waals surface area contributed by atoms with Crippen LogP contribution in [0, 0.1) is 5.92 Å². The summed E-state index contributed by atoms with van der Waals surface area (Å²) in [5.74, 6) is -0.0402. The van der Waals surface area contributed by atoms with Crippen molar-refractivity contribution in [3.8, 4) is 0 Å². The molecule has 1 saturated heterocycles. The van der Waals surface area contributed by atoms with Gasteiger partial charge in [0.2, 0.25) is 10.0 Å². The molecule has 0 bridgehead atoms. The quantitative estimate of drug-likeness (QED) is 0.387. The third kappa shape index (κ3) is 7.20. The molecule has 1 fully saturated rings. The van der Waals surface area contributed by atoms with Crippen LogP contribution in [-0.4, -0.2) is 93.9 Å². The lowest BCUT2D eigenvalue weighted by molar-refractivity contribution is -0.258. The molecule has 1 N–H and O–H groups in total. The number of hydrogen-bond donors (Lipinski definition) is 2. The molecule has 0 aromatic heterocycles. The fourth-order valence-corrected chi connectivity index (χ4v) is 8.00. The maximum atomic E-state index is 13.6. The van der Waals surface area contributed by atoms with Crippen molar-refractivity contribution >= 4 is 38.5 Å². The summed E-state index contributed by atoms with van der Waals surface area (Å²) in [6, 6.07) is 10.8. The number of halogens is 3. The molecular weight excluding hydrogens is 602 g/mol. The second kappa shape index (κ2) is 12.4. The summed E-state index contributed by atoms with van der Waals surface area (Å²) in [7, 11) is -5.06. The zero-order valence-electron chi connectivity index (χ0n) is 23.6. The van der Waals surface area contributed by atoms with Crippen molar-refractivity contribution in [2.45, 2.75) is 48.4 Å². The van der Waals surface area contributed by atoms with Crippen LogP contribution in [-0.2, 0) is 25.8 Å². The summed E-state index contributed by atoms with van der Waals surface area (Å²) < 4.78 is 97.5. The maximum absolute atomic E-state index is 13.6. The van der Waals surface area contributed by atoms with E-state index >= 15 is 0 Å². The predicted octanol–water partition coefficient (Wildman–Crippen LogP) is 3.39. The molecule has 9 nitrogen and oxygen atoms in total. The molecule has 0 spiro atoms. The Balaban J connectivity index is 2.03. The van der Waals surface area contributed by atoms with Gasteiger partial charge in [0, 0.05) is 57.4 Å². The van der Waals surface area contributed by atoms with Crippen LogP contribution in [0.1, 0.15) is 26.3 Å². The highest BCUT2D eigenvalue weighted by molar-refractivity contribution is 7.90. The highest BCUT2D eigenvalue weighted by Gasteiger charge is 2.51. The number of aliphatic hydroxyl groups is 1. The predicted molar refractivity (Wildman–Crippen MR) is 155 cm³/mol. The van der Waals surface area contributed by atoms with E-state index in [0.29, 0.717) is 12.6 Å². The van der Waals surface area contributed by atoms with E-state index in [9.17, 15) is 35.1 Å². The average molecular weight is 639 g/mol. The minimum absolute atomic E-state index is 0.0224. The molecule has 0 unspecified atom stereocenters. The van der Waals surface area contributed by atoms with E-state index in [1.165, 1.54) is 53.0 Å². The van der Waals surface area contributed by atoms with Crippen LogP contribution in [0.5, 0.6) is 0 Å². The molecule has 0 saturated carbocycles. The molecule has 41 heavy (non-hydrogen) atoms. The summed E-state index contributed by atoms with van der Waals surface area (Å²) in [4.78, 5) is 2.09. The van der Waals surface area contributed by atoms with Crippen molar-refractivity contribution < 1.29 is 35.1 Å². The van der Waals surface area contributed by atoms with Crippen molar-refractivity contribution in [2.75, 3.05) is 51.7 Å². The Morgan fingerprint density at radius 2 is 1.61 bits per heavy atom. The molecule has 3 rings (SSSR count). The second-order valence-corrected chi connectivity index (χ2v) is 15.3. The summed E-state index contributed by atoms with van der Waals surface area (Å²) in [6.07, 6.45) is -4.89. The smallest absolute Gasteiger partial charge is 0.376 e.